The van der Waals surface area contributed by atoms with Crippen molar-refractivity contribution in [3.05, 3.63) is 53.6 Å². The number of phosphoric acid groups is 1. The van der Waals surface area contributed by atoms with Gasteiger partial charge in [0, 0.05) is 24.7 Å². The number of phosphoric ester groups is 1. The minimum atomic E-state index is -4.95. The second kappa shape index (κ2) is 21.2. The van der Waals surface area contributed by atoms with Crippen molar-refractivity contribution in [1.29, 1.82) is 0 Å². The molecule has 0 saturated carbocycles. The SMILES string of the molecule is CCC(CC(=O)OC(OC(=O)[C@@H](NC(=O)[C@H](C)OP(=O)(O)O)C(C)C)C(C)C)c1ccc(N(CC(C)C)CC(C)C)c(NC(=O)Nc2ccc(C)cc2)c1. The number of nitrogens with zero attached hydrogens (tertiary/aromatic N) is 1. The highest BCUT2D eigenvalue weighted by atomic mass is 31.2. The molecule has 0 fully saturated rings. The lowest BCUT2D eigenvalue weighted by Crippen LogP contribution is -2.50. The van der Waals surface area contributed by atoms with Crippen molar-refractivity contribution in [2.45, 2.75) is 113 Å². The number of amides is 3. The number of nitrogens with one attached hydrogen (secondary N) is 3. The standard InChI is InChI=1S/C39H61N4O10P/c1-12-29(20-34(44)51-38(26(8)9)52-37(46)35(25(6)7)42-36(45)28(11)53-54(48,49)50)30-15-18-33(43(21-23(2)3)22-24(4)5)32(19-30)41-39(47)40-31-16-13-27(10)14-17-31/h13-19,23-26,28-29,35,38H,12,20-22H2,1-11H3,(H,42,45)(H2,40,41,47)(H2,48,49,50)/t28-,29?,35-,38?/m0/s1. The number of aryl methyl sites for hydroxylation is 1. The zero-order valence-corrected chi connectivity index (χ0v) is 34.4. The molecule has 2 aromatic rings. The number of esters is 2. The number of hydrogen-bond donors (Lipinski definition) is 5. The van der Waals surface area contributed by atoms with Gasteiger partial charge in [0.1, 0.15) is 12.1 Å². The number of hydrogen-bond acceptors (Lipinski definition) is 9. The van der Waals surface area contributed by atoms with Crippen LogP contribution in [0.4, 0.5) is 21.9 Å². The molecule has 0 aliphatic rings. The summed E-state index contributed by atoms with van der Waals surface area (Å²) in [6.07, 6.45) is -2.32. The predicted molar refractivity (Wildman–Crippen MR) is 210 cm³/mol. The van der Waals surface area contributed by atoms with Crippen molar-refractivity contribution in [3.8, 4) is 0 Å². The van der Waals surface area contributed by atoms with E-state index in [1.54, 1.807) is 27.7 Å². The highest BCUT2D eigenvalue weighted by Crippen LogP contribution is 2.37. The molecule has 2 aromatic carbocycles. The molecule has 2 rings (SSSR count). The van der Waals surface area contributed by atoms with Gasteiger partial charge in [0.05, 0.1) is 17.8 Å². The quantitative estimate of drug-likeness (QED) is 0.0513. The van der Waals surface area contributed by atoms with Crippen LogP contribution in [-0.2, 0) is 32.9 Å². The average molecular weight is 777 g/mol. The second-order valence-corrected chi connectivity index (χ2v) is 16.4. The van der Waals surface area contributed by atoms with E-state index in [0.29, 0.717) is 29.6 Å². The van der Waals surface area contributed by atoms with E-state index in [1.807, 2.05) is 56.3 Å². The largest absolute Gasteiger partial charge is 0.470 e. The summed E-state index contributed by atoms with van der Waals surface area (Å²) in [5.74, 6) is -2.96. The third-order valence-corrected chi connectivity index (χ3v) is 8.97. The summed E-state index contributed by atoms with van der Waals surface area (Å²) < 4.78 is 26.9. The van der Waals surface area contributed by atoms with Crippen LogP contribution in [0, 0.1) is 30.6 Å². The molecular weight excluding hydrogens is 715 g/mol. The molecule has 3 amide bonds. The molecule has 0 aromatic heterocycles. The highest BCUT2D eigenvalue weighted by Gasteiger charge is 2.34. The van der Waals surface area contributed by atoms with E-state index >= 15 is 0 Å². The maximum atomic E-state index is 13.4. The summed E-state index contributed by atoms with van der Waals surface area (Å²) in [5, 5.41) is 8.36. The molecule has 15 heteroatoms. The van der Waals surface area contributed by atoms with Crippen LogP contribution >= 0.6 is 7.82 Å². The van der Waals surface area contributed by atoms with E-state index in [9.17, 15) is 23.7 Å². The fourth-order valence-corrected chi connectivity index (χ4v) is 6.15. The third-order valence-electron chi connectivity index (χ3n) is 8.37. The second-order valence-electron chi connectivity index (χ2n) is 15.2. The van der Waals surface area contributed by atoms with E-state index in [1.165, 1.54) is 0 Å². The topological polar surface area (TPSA) is 193 Å². The summed E-state index contributed by atoms with van der Waals surface area (Å²) in [5.41, 5.74) is 3.99. The number of carbonyl (C=O) groups is 4. The number of rotatable bonds is 20. The van der Waals surface area contributed by atoms with Crippen molar-refractivity contribution in [2.75, 3.05) is 28.6 Å². The number of ether oxygens (including phenoxy) is 2. The van der Waals surface area contributed by atoms with Crippen LogP contribution in [0.15, 0.2) is 42.5 Å². The van der Waals surface area contributed by atoms with Gasteiger partial charge in [-0.1, -0.05) is 86.1 Å². The zero-order valence-electron chi connectivity index (χ0n) is 33.5. The van der Waals surface area contributed by atoms with Gasteiger partial charge in [-0.05, 0) is 73.8 Å². The Kier molecular flexibility index (Phi) is 18.1. The van der Waals surface area contributed by atoms with Crippen LogP contribution in [-0.4, -0.2) is 65.2 Å². The molecule has 302 valence electrons. The molecule has 5 N–H and O–H groups in total. The first-order valence-corrected chi connectivity index (χ1v) is 20.1. The van der Waals surface area contributed by atoms with E-state index in [2.05, 4.69) is 53.1 Å². The van der Waals surface area contributed by atoms with E-state index in [0.717, 1.165) is 36.8 Å². The monoisotopic (exact) mass is 776 g/mol. The molecule has 54 heavy (non-hydrogen) atoms. The molecule has 4 atom stereocenters. The Labute approximate surface area is 320 Å². The first kappa shape index (κ1) is 46.2. The lowest BCUT2D eigenvalue weighted by Gasteiger charge is -2.31. The van der Waals surface area contributed by atoms with E-state index in [4.69, 9.17) is 19.3 Å². The number of benzene rings is 2. The van der Waals surface area contributed by atoms with E-state index < -0.39 is 62.0 Å². The van der Waals surface area contributed by atoms with Crippen molar-refractivity contribution in [2.24, 2.45) is 23.7 Å². The smallest absolute Gasteiger partial charge is 0.425 e. The molecule has 0 aliphatic heterocycles. The fraction of sp³-hybridized carbons (Fsp3) is 0.590. The molecule has 0 bridgehead atoms. The minimum Gasteiger partial charge on any atom is -0.425 e. The Morgan fingerprint density at radius 3 is 1.91 bits per heavy atom. The van der Waals surface area contributed by atoms with Crippen LogP contribution in [0.25, 0.3) is 0 Å². The summed E-state index contributed by atoms with van der Waals surface area (Å²) in [4.78, 5) is 72.9. The Hall–Kier alpha value is -3.97. The summed E-state index contributed by atoms with van der Waals surface area (Å²) in [6, 6.07) is 11.7. The lowest BCUT2D eigenvalue weighted by molar-refractivity contribution is -0.198. The Morgan fingerprint density at radius 1 is 0.815 bits per heavy atom. The molecule has 0 aliphatic carbocycles. The molecule has 2 unspecified atom stereocenters. The van der Waals surface area contributed by atoms with Crippen LogP contribution in [0.3, 0.4) is 0 Å². The average Bonchev–Trinajstić information content (AvgIpc) is 3.04. The van der Waals surface area contributed by atoms with Crippen LogP contribution in [0.5, 0.6) is 0 Å². The van der Waals surface area contributed by atoms with Crippen molar-refractivity contribution in [1.82, 2.24) is 5.32 Å². The van der Waals surface area contributed by atoms with E-state index in [-0.39, 0.29) is 12.3 Å². The first-order valence-electron chi connectivity index (χ1n) is 18.6. The van der Waals surface area contributed by atoms with Gasteiger partial charge in [-0.3, -0.25) is 14.1 Å². The zero-order chi connectivity index (χ0) is 40.9. The van der Waals surface area contributed by atoms with Crippen LogP contribution < -0.4 is 20.9 Å². The summed E-state index contributed by atoms with van der Waals surface area (Å²) in [6.45, 7) is 21.9. The van der Waals surface area contributed by atoms with Gasteiger partial charge in [0.2, 0.25) is 12.2 Å². The van der Waals surface area contributed by atoms with Gasteiger partial charge >= 0.3 is 25.8 Å². The highest BCUT2D eigenvalue weighted by molar-refractivity contribution is 7.46. The Bertz CT molecular complexity index is 1580. The number of carbonyl (C=O) groups excluding carboxylic acids is 4. The van der Waals surface area contributed by atoms with Crippen LogP contribution in [0.1, 0.15) is 99.1 Å². The maximum absolute atomic E-state index is 13.4. The van der Waals surface area contributed by atoms with Gasteiger partial charge in [-0.15, -0.1) is 0 Å². The Morgan fingerprint density at radius 2 is 1.41 bits per heavy atom. The van der Waals surface area contributed by atoms with Gasteiger partial charge in [-0.25, -0.2) is 14.2 Å². The lowest BCUT2D eigenvalue weighted by atomic mass is 9.92. The molecular formula is C39H61N4O10P. The molecule has 0 heterocycles. The van der Waals surface area contributed by atoms with Crippen molar-refractivity contribution >= 4 is 48.8 Å². The van der Waals surface area contributed by atoms with Crippen molar-refractivity contribution in [3.63, 3.8) is 0 Å². The summed E-state index contributed by atoms with van der Waals surface area (Å²) in [7, 11) is -4.95. The molecule has 14 nitrogen and oxygen atoms in total. The van der Waals surface area contributed by atoms with Crippen molar-refractivity contribution < 1.29 is 47.5 Å². The van der Waals surface area contributed by atoms with Crippen LogP contribution in [0.2, 0.25) is 0 Å². The number of anilines is 3. The Balaban J connectivity index is 2.32. The predicted octanol–water partition coefficient (Wildman–Crippen LogP) is 7.35. The third kappa shape index (κ3) is 15.8. The molecule has 0 radical (unpaired) electrons. The van der Waals surface area contributed by atoms with Gasteiger partial charge < -0.3 is 40.1 Å². The first-order chi connectivity index (χ1) is 25.1. The fourth-order valence-electron chi connectivity index (χ4n) is 5.64. The minimum absolute atomic E-state index is 0.0467. The van der Waals surface area contributed by atoms with Gasteiger partial charge in [-0.2, -0.15) is 0 Å². The van der Waals surface area contributed by atoms with Gasteiger partial charge in [0.15, 0.2) is 0 Å². The normalized spacial score (nSPS) is 14.0. The van der Waals surface area contributed by atoms with Gasteiger partial charge in [0.25, 0.3) is 0 Å². The number of urea groups is 1. The summed E-state index contributed by atoms with van der Waals surface area (Å²) >= 11 is 0. The maximum Gasteiger partial charge on any atom is 0.470 e. The molecule has 0 spiro atoms. The molecule has 0 saturated heterocycles.